The molecule has 156 valence electrons. The van der Waals surface area contributed by atoms with Crippen LogP contribution in [-0.2, 0) is 24.3 Å². The topological polar surface area (TPSA) is 37.3 Å². The molecule has 1 N–H and O–H groups in total. The van der Waals surface area contributed by atoms with Crippen LogP contribution in [0.3, 0.4) is 0 Å². The van der Waals surface area contributed by atoms with E-state index >= 15 is 0 Å². The van der Waals surface area contributed by atoms with E-state index in [2.05, 4.69) is 92.0 Å². The smallest absolute Gasteiger partial charge is 0.228 e. The van der Waals surface area contributed by atoms with Crippen LogP contribution in [-0.4, -0.2) is 17.0 Å². The zero-order valence-corrected chi connectivity index (χ0v) is 18.7. The van der Waals surface area contributed by atoms with Gasteiger partial charge >= 0.3 is 0 Å². The number of carbonyl (C=O) groups is 1. The summed E-state index contributed by atoms with van der Waals surface area (Å²) in [6, 6.07) is 13.0. The highest BCUT2D eigenvalue weighted by Gasteiger charge is 2.18. The van der Waals surface area contributed by atoms with Gasteiger partial charge in [0.25, 0.3) is 0 Å². The number of rotatable bonds is 4. The number of nitrogens with one attached hydrogen (secondary N) is 1. The fourth-order valence-corrected chi connectivity index (χ4v) is 4.69. The van der Waals surface area contributed by atoms with E-state index in [1.807, 2.05) is 0 Å². The normalized spacial score (nSPS) is 13.3. The lowest BCUT2D eigenvalue weighted by atomic mass is 9.97. The molecule has 1 amide bonds. The Balaban J connectivity index is 1.51. The molecule has 0 spiro atoms. The average molecular weight is 402 g/mol. The van der Waals surface area contributed by atoms with Crippen LogP contribution >= 0.6 is 0 Å². The Bertz CT molecular complexity index is 1060. The lowest BCUT2D eigenvalue weighted by Crippen LogP contribution is -2.33. The highest BCUT2D eigenvalue weighted by molar-refractivity contribution is 5.94. The Morgan fingerprint density at radius 3 is 2.27 bits per heavy atom. The highest BCUT2D eigenvalue weighted by Crippen LogP contribution is 2.30. The molecular weight excluding hydrogens is 370 g/mol. The van der Waals surface area contributed by atoms with Gasteiger partial charge in [0.1, 0.15) is 0 Å². The lowest BCUT2D eigenvalue weighted by molar-refractivity contribution is -0.115. The number of aryl methyl sites for hydroxylation is 5. The van der Waals surface area contributed by atoms with Crippen LogP contribution in [0.25, 0.3) is 0 Å². The molecule has 1 aliphatic rings. The van der Waals surface area contributed by atoms with E-state index in [0.717, 1.165) is 42.0 Å². The molecule has 4 rings (SSSR count). The van der Waals surface area contributed by atoms with Crippen LogP contribution in [0.5, 0.6) is 0 Å². The molecule has 0 radical (unpaired) electrons. The molecule has 1 aliphatic heterocycles. The van der Waals surface area contributed by atoms with E-state index in [-0.39, 0.29) is 5.91 Å². The summed E-state index contributed by atoms with van der Waals surface area (Å²) in [5, 5.41) is 3.18. The highest BCUT2D eigenvalue weighted by atomic mass is 16.1. The molecule has 2 heterocycles. The number of benzene rings is 2. The van der Waals surface area contributed by atoms with Crippen molar-refractivity contribution in [3.8, 4) is 0 Å². The standard InChI is InChI=1S/C26H31N3O/c1-17-11-18(2)24(19(3)12-17)15-25(30)27-26-20(4)13-23(14-21(26)5)29-10-9-28-8-6-7-22(28)16-29/h6-8,11-14H,9-10,15-16H2,1-5H3,(H,27,30). The summed E-state index contributed by atoms with van der Waals surface area (Å²) < 4.78 is 2.32. The van der Waals surface area contributed by atoms with E-state index < -0.39 is 0 Å². The Kier molecular flexibility index (Phi) is 5.42. The number of carbonyl (C=O) groups excluding carboxylic acids is 1. The molecule has 0 atom stereocenters. The van der Waals surface area contributed by atoms with Gasteiger partial charge in [0.05, 0.1) is 13.0 Å². The third-order valence-corrected chi connectivity index (χ3v) is 6.21. The minimum absolute atomic E-state index is 0.0415. The fraction of sp³-hybridized carbons (Fsp3) is 0.346. The molecule has 0 aliphatic carbocycles. The van der Waals surface area contributed by atoms with Gasteiger partial charge in [0.15, 0.2) is 0 Å². The first-order valence-electron chi connectivity index (χ1n) is 10.7. The van der Waals surface area contributed by atoms with Gasteiger partial charge < -0.3 is 14.8 Å². The van der Waals surface area contributed by atoms with Gasteiger partial charge in [0, 0.05) is 36.4 Å². The van der Waals surface area contributed by atoms with E-state index in [1.54, 1.807) is 0 Å². The molecule has 0 unspecified atom stereocenters. The maximum absolute atomic E-state index is 12.8. The summed E-state index contributed by atoms with van der Waals surface area (Å²) in [6.07, 6.45) is 2.56. The maximum atomic E-state index is 12.8. The zero-order valence-electron chi connectivity index (χ0n) is 18.7. The van der Waals surface area contributed by atoms with Gasteiger partial charge in [0.2, 0.25) is 5.91 Å². The van der Waals surface area contributed by atoms with Crippen molar-refractivity contribution in [2.75, 3.05) is 16.8 Å². The van der Waals surface area contributed by atoms with Crippen molar-refractivity contribution in [3.63, 3.8) is 0 Å². The minimum atomic E-state index is 0.0415. The van der Waals surface area contributed by atoms with Gasteiger partial charge in [-0.3, -0.25) is 4.79 Å². The summed E-state index contributed by atoms with van der Waals surface area (Å²) in [4.78, 5) is 15.3. The third-order valence-electron chi connectivity index (χ3n) is 6.21. The van der Waals surface area contributed by atoms with Crippen LogP contribution in [0.15, 0.2) is 42.6 Å². The molecule has 0 saturated carbocycles. The molecule has 4 nitrogen and oxygen atoms in total. The molecule has 3 aromatic rings. The van der Waals surface area contributed by atoms with E-state index in [9.17, 15) is 4.79 Å². The monoisotopic (exact) mass is 401 g/mol. The van der Waals surface area contributed by atoms with Crippen LogP contribution in [0.2, 0.25) is 0 Å². The number of anilines is 2. The number of nitrogens with zero attached hydrogens (tertiary/aromatic N) is 2. The largest absolute Gasteiger partial charge is 0.364 e. The minimum Gasteiger partial charge on any atom is -0.364 e. The SMILES string of the molecule is Cc1cc(C)c(CC(=O)Nc2c(C)cc(N3CCn4cccc4C3)cc2C)c(C)c1. The summed E-state index contributed by atoms with van der Waals surface area (Å²) in [5.41, 5.74) is 10.4. The third kappa shape index (κ3) is 4.00. The first kappa shape index (κ1) is 20.3. The average Bonchev–Trinajstić information content (AvgIpc) is 3.15. The van der Waals surface area contributed by atoms with Crippen LogP contribution in [0.4, 0.5) is 11.4 Å². The van der Waals surface area contributed by atoms with Crippen molar-refractivity contribution < 1.29 is 4.79 Å². The number of aromatic nitrogens is 1. The second-order valence-corrected chi connectivity index (χ2v) is 8.67. The number of hydrogen-bond acceptors (Lipinski definition) is 2. The van der Waals surface area contributed by atoms with Crippen molar-refractivity contribution in [2.24, 2.45) is 0 Å². The van der Waals surface area contributed by atoms with Gasteiger partial charge in [-0.05, 0) is 86.7 Å². The van der Waals surface area contributed by atoms with Gasteiger partial charge in [-0.25, -0.2) is 0 Å². The van der Waals surface area contributed by atoms with E-state index in [4.69, 9.17) is 0 Å². The molecule has 1 aromatic heterocycles. The molecule has 4 heteroatoms. The van der Waals surface area contributed by atoms with Crippen molar-refractivity contribution in [3.05, 3.63) is 81.7 Å². The predicted octanol–water partition coefficient (Wildman–Crippen LogP) is 5.23. The van der Waals surface area contributed by atoms with Crippen molar-refractivity contribution in [1.82, 2.24) is 4.57 Å². The van der Waals surface area contributed by atoms with Crippen LogP contribution < -0.4 is 10.2 Å². The van der Waals surface area contributed by atoms with Gasteiger partial charge in [-0.15, -0.1) is 0 Å². The van der Waals surface area contributed by atoms with Crippen molar-refractivity contribution >= 4 is 17.3 Å². The summed E-state index contributed by atoms with van der Waals surface area (Å²) in [7, 11) is 0. The van der Waals surface area contributed by atoms with Crippen molar-refractivity contribution in [2.45, 2.75) is 54.1 Å². The molecule has 0 bridgehead atoms. The van der Waals surface area contributed by atoms with Crippen LogP contribution in [0, 0.1) is 34.6 Å². The van der Waals surface area contributed by atoms with Gasteiger partial charge in [-0.1, -0.05) is 17.7 Å². The second kappa shape index (κ2) is 8.02. The lowest BCUT2D eigenvalue weighted by Gasteiger charge is -2.31. The fourth-order valence-electron chi connectivity index (χ4n) is 4.69. The Hall–Kier alpha value is -3.01. The Morgan fingerprint density at radius 1 is 0.933 bits per heavy atom. The first-order valence-corrected chi connectivity index (χ1v) is 10.7. The van der Waals surface area contributed by atoms with E-state index in [0.29, 0.717) is 6.42 Å². The molecular formula is C26H31N3O. The Morgan fingerprint density at radius 2 is 1.60 bits per heavy atom. The summed E-state index contributed by atoms with van der Waals surface area (Å²) in [6.45, 7) is 13.4. The van der Waals surface area contributed by atoms with Crippen LogP contribution in [0.1, 0.15) is 39.1 Å². The summed E-state index contributed by atoms with van der Waals surface area (Å²) in [5.74, 6) is 0.0415. The molecule has 0 fully saturated rings. The van der Waals surface area contributed by atoms with Crippen molar-refractivity contribution in [1.29, 1.82) is 0 Å². The van der Waals surface area contributed by atoms with Gasteiger partial charge in [-0.2, -0.15) is 0 Å². The molecule has 0 saturated heterocycles. The molecule has 30 heavy (non-hydrogen) atoms. The number of hydrogen-bond donors (Lipinski definition) is 1. The maximum Gasteiger partial charge on any atom is 0.228 e. The van der Waals surface area contributed by atoms with E-state index in [1.165, 1.54) is 28.1 Å². The zero-order chi connectivity index (χ0) is 21.4. The Labute approximate surface area is 179 Å². The number of amides is 1. The quantitative estimate of drug-likeness (QED) is 0.650. The summed E-state index contributed by atoms with van der Waals surface area (Å²) >= 11 is 0. The number of fused-ring (bicyclic) bond motifs is 1. The molecule has 2 aromatic carbocycles. The second-order valence-electron chi connectivity index (χ2n) is 8.67. The first-order chi connectivity index (χ1) is 14.3. The predicted molar refractivity (Wildman–Crippen MR) is 124 cm³/mol.